The van der Waals surface area contributed by atoms with Gasteiger partial charge in [-0.05, 0) is 64.8 Å². The Morgan fingerprint density at radius 3 is 2.67 bits per heavy atom. The molecule has 4 heteroatoms. The van der Waals surface area contributed by atoms with Crippen molar-refractivity contribution in [3.63, 3.8) is 0 Å². The Kier molecular flexibility index (Phi) is 5.18. The van der Waals surface area contributed by atoms with Crippen LogP contribution in [0.5, 0.6) is 0 Å². The molecule has 1 aliphatic carbocycles. The molecule has 3 atom stereocenters. The van der Waals surface area contributed by atoms with Gasteiger partial charge < -0.3 is 15.0 Å². The van der Waals surface area contributed by atoms with Crippen molar-refractivity contribution in [2.24, 2.45) is 11.8 Å². The molecule has 4 nitrogen and oxygen atoms in total. The Balaban J connectivity index is 1.90. The number of nitrogens with zero attached hydrogens (tertiary/aromatic N) is 1. The minimum Gasteiger partial charge on any atom is -0.444 e. The lowest BCUT2D eigenvalue weighted by Gasteiger charge is -2.37. The molecule has 0 aromatic heterocycles. The lowest BCUT2D eigenvalue weighted by atomic mass is 9.97. The van der Waals surface area contributed by atoms with E-state index in [1.54, 1.807) is 0 Å². The quantitative estimate of drug-likeness (QED) is 0.864. The summed E-state index contributed by atoms with van der Waals surface area (Å²) in [6, 6.07) is 0.937. The van der Waals surface area contributed by atoms with Crippen LogP contribution in [0.1, 0.15) is 60.3 Å². The van der Waals surface area contributed by atoms with Crippen molar-refractivity contribution < 1.29 is 9.53 Å². The van der Waals surface area contributed by atoms with E-state index in [1.807, 2.05) is 25.7 Å². The third-order valence-corrected chi connectivity index (χ3v) is 4.44. The van der Waals surface area contributed by atoms with Crippen molar-refractivity contribution in [2.75, 3.05) is 13.1 Å². The van der Waals surface area contributed by atoms with Gasteiger partial charge in [-0.2, -0.15) is 0 Å². The van der Waals surface area contributed by atoms with E-state index in [1.165, 1.54) is 12.8 Å². The van der Waals surface area contributed by atoms with Crippen LogP contribution >= 0.6 is 0 Å². The Morgan fingerprint density at radius 2 is 2.05 bits per heavy atom. The van der Waals surface area contributed by atoms with Crippen molar-refractivity contribution in [3.05, 3.63) is 0 Å². The standard InChI is InChI=1S/C17H32N2O2/c1-12(2)18-11-13-10-14(13)15-8-6-7-9-19(15)16(20)21-17(3,4)5/h12-15,18H,6-11H2,1-5H3. The number of carbonyl (C=O) groups is 1. The topological polar surface area (TPSA) is 41.6 Å². The molecule has 1 aliphatic heterocycles. The molecule has 0 spiro atoms. The van der Waals surface area contributed by atoms with Crippen molar-refractivity contribution >= 4 is 6.09 Å². The van der Waals surface area contributed by atoms with Gasteiger partial charge in [0.1, 0.15) is 5.60 Å². The highest BCUT2D eigenvalue weighted by atomic mass is 16.6. The first kappa shape index (κ1) is 16.6. The summed E-state index contributed by atoms with van der Waals surface area (Å²) in [6.07, 6.45) is 4.63. The second-order valence-electron chi connectivity index (χ2n) is 7.96. The van der Waals surface area contributed by atoms with Crippen molar-refractivity contribution in [3.8, 4) is 0 Å². The zero-order valence-electron chi connectivity index (χ0n) is 14.3. The van der Waals surface area contributed by atoms with E-state index >= 15 is 0 Å². The first-order valence-corrected chi connectivity index (χ1v) is 8.51. The molecule has 0 bridgehead atoms. The molecule has 2 fully saturated rings. The summed E-state index contributed by atoms with van der Waals surface area (Å²) >= 11 is 0. The number of amides is 1. The van der Waals surface area contributed by atoms with Crippen molar-refractivity contribution in [1.29, 1.82) is 0 Å². The highest BCUT2D eigenvalue weighted by molar-refractivity contribution is 5.68. The molecule has 0 aromatic carbocycles. The Morgan fingerprint density at radius 1 is 1.33 bits per heavy atom. The Hall–Kier alpha value is -0.770. The normalized spacial score (nSPS) is 29.6. The number of ether oxygens (including phenoxy) is 1. The second-order valence-corrected chi connectivity index (χ2v) is 7.96. The van der Waals surface area contributed by atoms with Crippen LogP contribution in [0.4, 0.5) is 4.79 Å². The minimum atomic E-state index is -0.402. The van der Waals surface area contributed by atoms with Crippen LogP contribution in [0.15, 0.2) is 0 Å². The molecule has 1 amide bonds. The molecular weight excluding hydrogens is 264 g/mol. The SMILES string of the molecule is CC(C)NCC1CC1C1CCCCN1C(=O)OC(C)(C)C. The molecular formula is C17H32N2O2. The van der Waals surface area contributed by atoms with E-state index in [9.17, 15) is 4.79 Å². The van der Waals surface area contributed by atoms with E-state index < -0.39 is 5.60 Å². The highest BCUT2D eigenvalue weighted by Crippen LogP contribution is 2.45. The number of hydrogen-bond acceptors (Lipinski definition) is 3. The van der Waals surface area contributed by atoms with E-state index in [-0.39, 0.29) is 6.09 Å². The monoisotopic (exact) mass is 296 g/mol. The van der Waals surface area contributed by atoms with Crippen LogP contribution in [-0.2, 0) is 4.74 Å². The fourth-order valence-corrected chi connectivity index (χ4v) is 3.31. The van der Waals surface area contributed by atoms with Crippen LogP contribution in [0.3, 0.4) is 0 Å². The third kappa shape index (κ3) is 4.87. The van der Waals surface area contributed by atoms with E-state index in [2.05, 4.69) is 19.2 Å². The average molecular weight is 296 g/mol. The van der Waals surface area contributed by atoms with Crippen LogP contribution in [0.25, 0.3) is 0 Å². The molecule has 3 unspecified atom stereocenters. The zero-order chi connectivity index (χ0) is 15.6. The number of likely N-dealkylation sites (tertiary alicyclic amines) is 1. The van der Waals surface area contributed by atoms with Gasteiger partial charge in [-0.25, -0.2) is 4.79 Å². The largest absolute Gasteiger partial charge is 0.444 e. The number of piperidine rings is 1. The van der Waals surface area contributed by atoms with E-state index in [0.29, 0.717) is 18.0 Å². The van der Waals surface area contributed by atoms with Gasteiger partial charge >= 0.3 is 6.09 Å². The third-order valence-electron chi connectivity index (χ3n) is 4.44. The molecule has 1 saturated carbocycles. The van der Waals surface area contributed by atoms with Gasteiger partial charge in [-0.3, -0.25) is 0 Å². The smallest absolute Gasteiger partial charge is 0.410 e. The summed E-state index contributed by atoms with van der Waals surface area (Å²) in [7, 11) is 0. The number of carbonyl (C=O) groups excluding carboxylic acids is 1. The maximum atomic E-state index is 12.4. The van der Waals surface area contributed by atoms with Crippen LogP contribution in [-0.4, -0.2) is 41.8 Å². The molecule has 122 valence electrons. The molecule has 2 aliphatic rings. The summed E-state index contributed by atoms with van der Waals surface area (Å²) < 4.78 is 5.59. The lowest BCUT2D eigenvalue weighted by Crippen LogP contribution is -2.47. The molecule has 0 aromatic rings. The second kappa shape index (κ2) is 6.55. The van der Waals surface area contributed by atoms with Crippen LogP contribution < -0.4 is 5.32 Å². The average Bonchev–Trinajstić information content (AvgIpc) is 3.13. The molecule has 0 radical (unpaired) electrons. The Labute approximate surface area is 129 Å². The van der Waals surface area contributed by atoms with Crippen molar-refractivity contribution in [2.45, 2.75) is 78.0 Å². The molecule has 1 saturated heterocycles. The van der Waals surface area contributed by atoms with Crippen molar-refractivity contribution in [1.82, 2.24) is 10.2 Å². The number of rotatable bonds is 4. The number of nitrogens with one attached hydrogen (secondary N) is 1. The van der Waals surface area contributed by atoms with E-state index in [0.717, 1.165) is 31.8 Å². The van der Waals surface area contributed by atoms with E-state index in [4.69, 9.17) is 4.74 Å². The summed E-state index contributed by atoms with van der Waals surface area (Å²) in [5, 5.41) is 3.52. The summed E-state index contributed by atoms with van der Waals surface area (Å²) in [4.78, 5) is 14.4. The highest BCUT2D eigenvalue weighted by Gasteiger charge is 2.47. The molecule has 21 heavy (non-hydrogen) atoms. The summed E-state index contributed by atoms with van der Waals surface area (Å²) in [5.74, 6) is 1.41. The van der Waals surface area contributed by atoms with Gasteiger partial charge in [-0.1, -0.05) is 13.8 Å². The molecule has 2 rings (SSSR count). The Bertz CT molecular complexity index is 362. The fourth-order valence-electron chi connectivity index (χ4n) is 3.31. The maximum absolute atomic E-state index is 12.4. The summed E-state index contributed by atoms with van der Waals surface area (Å²) in [5.41, 5.74) is -0.402. The van der Waals surface area contributed by atoms with Gasteiger partial charge in [0.05, 0.1) is 0 Å². The maximum Gasteiger partial charge on any atom is 0.410 e. The first-order chi connectivity index (χ1) is 9.78. The van der Waals surface area contributed by atoms with Gasteiger partial charge in [0.15, 0.2) is 0 Å². The molecule has 1 N–H and O–H groups in total. The van der Waals surface area contributed by atoms with Gasteiger partial charge in [-0.15, -0.1) is 0 Å². The fraction of sp³-hybridized carbons (Fsp3) is 0.941. The first-order valence-electron chi connectivity index (χ1n) is 8.51. The van der Waals surface area contributed by atoms with Crippen LogP contribution in [0.2, 0.25) is 0 Å². The lowest BCUT2D eigenvalue weighted by molar-refractivity contribution is 0.00636. The zero-order valence-corrected chi connectivity index (χ0v) is 14.3. The predicted octanol–water partition coefficient (Wildman–Crippen LogP) is 3.41. The minimum absolute atomic E-state index is 0.116. The van der Waals surface area contributed by atoms with Gasteiger partial charge in [0.25, 0.3) is 0 Å². The predicted molar refractivity (Wildman–Crippen MR) is 85.3 cm³/mol. The van der Waals surface area contributed by atoms with Crippen LogP contribution in [0, 0.1) is 11.8 Å². The van der Waals surface area contributed by atoms with Gasteiger partial charge in [0.2, 0.25) is 0 Å². The summed E-state index contributed by atoms with van der Waals surface area (Å²) in [6.45, 7) is 12.1. The van der Waals surface area contributed by atoms with Gasteiger partial charge in [0, 0.05) is 18.6 Å². The number of hydrogen-bond donors (Lipinski definition) is 1. The molecule has 1 heterocycles.